The fourth-order valence-corrected chi connectivity index (χ4v) is 2.98. The summed E-state index contributed by atoms with van der Waals surface area (Å²) in [6, 6.07) is 6.38. The van der Waals surface area contributed by atoms with Crippen molar-refractivity contribution < 1.29 is 9.18 Å². The van der Waals surface area contributed by atoms with Gasteiger partial charge in [-0.3, -0.25) is 4.79 Å². The number of nitrogens with zero attached hydrogens (tertiary/aromatic N) is 1. The predicted molar refractivity (Wildman–Crippen MR) is 82.7 cm³/mol. The Kier molecular flexibility index (Phi) is 5.34. The fraction of sp³-hybridized carbons (Fsp3) is 0.588. The van der Waals surface area contributed by atoms with Crippen molar-refractivity contribution in [3.8, 4) is 0 Å². The molecule has 1 aliphatic rings. The zero-order chi connectivity index (χ0) is 15.3. The second kappa shape index (κ2) is 7.03. The number of halogens is 1. The van der Waals surface area contributed by atoms with E-state index in [1.54, 1.807) is 12.1 Å². The van der Waals surface area contributed by atoms with Crippen LogP contribution in [0.15, 0.2) is 24.3 Å². The molecule has 116 valence electrons. The van der Waals surface area contributed by atoms with Crippen molar-refractivity contribution in [2.24, 2.45) is 0 Å². The first kappa shape index (κ1) is 16.0. The molecule has 0 heterocycles. The second-order valence-electron chi connectivity index (χ2n) is 5.73. The van der Waals surface area contributed by atoms with Gasteiger partial charge in [-0.05, 0) is 43.6 Å². The molecule has 1 aliphatic carbocycles. The summed E-state index contributed by atoms with van der Waals surface area (Å²) in [6.45, 7) is 7.78. The maximum absolute atomic E-state index is 13.1. The lowest BCUT2D eigenvalue weighted by Gasteiger charge is -2.41. The van der Waals surface area contributed by atoms with Crippen LogP contribution in [0.1, 0.15) is 38.7 Å². The summed E-state index contributed by atoms with van der Waals surface area (Å²) < 4.78 is 13.1. The number of nitrogens with one attached hydrogen (secondary N) is 1. The number of hydrogen-bond donors (Lipinski definition) is 1. The lowest BCUT2D eigenvalue weighted by atomic mass is 9.64. The van der Waals surface area contributed by atoms with E-state index >= 15 is 0 Å². The van der Waals surface area contributed by atoms with E-state index in [0.717, 1.165) is 44.5 Å². The molecule has 3 nitrogen and oxygen atoms in total. The highest BCUT2D eigenvalue weighted by Crippen LogP contribution is 2.43. The summed E-state index contributed by atoms with van der Waals surface area (Å²) in [5.41, 5.74) is 0.507. The molecular weight excluding hydrogens is 267 g/mol. The molecule has 0 saturated heterocycles. The number of amides is 1. The van der Waals surface area contributed by atoms with E-state index in [0.29, 0.717) is 6.54 Å². The zero-order valence-electron chi connectivity index (χ0n) is 13.0. The first-order valence-electron chi connectivity index (χ1n) is 7.89. The maximum Gasteiger partial charge on any atom is 0.230 e. The van der Waals surface area contributed by atoms with Crippen molar-refractivity contribution in [1.29, 1.82) is 0 Å². The number of rotatable bonds is 7. The Labute approximate surface area is 126 Å². The van der Waals surface area contributed by atoms with Crippen molar-refractivity contribution in [2.75, 3.05) is 26.2 Å². The standard InChI is InChI=1S/C17H25FN2O/c1-3-20(4-2)13-12-19-16(21)17(10-5-11-17)14-6-8-15(18)9-7-14/h6-9H,3-5,10-13H2,1-2H3,(H,19,21). The molecule has 21 heavy (non-hydrogen) atoms. The normalized spacial score (nSPS) is 16.6. The van der Waals surface area contributed by atoms with Crippen LogP contribution < -0.4 is 5.32 Å². The molecule has 1 aromatic carbocycles. The number of likely N-dealkylation sites (N-methyl/N-ethyl adjacent to an activating group) is 1. The highest BCUT2D eigenvalue weighted by atomic mass is 19.1. The van der Waals surface area contributed by atoms with Crippen molar-refractivity contribution in [2.45, 2.75) is 38.5 Å². The smallest absolute Gasteiger partial charge is 0.230 e. The Morgan fingerprint density at radius 1 is 1.24 bits per heavy atom. The number of carbonyl (C=O) groups is 1. The van der Waals surface area contributed by atoms with Gasteiger partial charge in [0.1, 0.15) is 5.82 Å². The van der Waals surface area contributed by atoms with Gasteiger partial charge in [0, 0.05) is 13.1 Å². The molecule has 4 heteroatoms. The molecule has 0 unspecified atom stereocenters. The molecule has 0 aromatic heterocycles. The zero-order valence-corrected chi connectivity index (χ0v) is 13.0. The summed E-state index contributed by atoms with van der Waals surface area (Å²) in [6.07, 6.45) is 2.77. The maximum atomic E-state index is 13.1. The van der Waals surface area contributed by atoms with Crippen LogP contribution in [0, 0.1) is 5.82 Å². The molecular formula is C17H25FN2O. The van der Waals surface area contributed by atoms with Crippen LogP contribution in [0.5, 0.6) is 0 Å². The van der Waals surface area contributed by atoms with Crippen molar-refractivity contribution in [1.82, 2.24) is 10.2 Å². The van der Waals surface area contributed by atoms with Crippen LogP contribution in [0.2, 0.25) is 0 Å². The number of hydrogen-bond acceptors (Lipinski definition) is 2. The molecule has 1 aromatic rings. The molecule has 0 atom stereocenters. The lowest BCUT2D eigenvalue weighted by Crippen LogP contribution is -2.50. The SMILES string of the molecule is CCN(CC)CCNC(=O)C1(c2ccc(F)cc2)CCC1. The van der Waals surface area contributed by atoms with Gasteiger partial charge < -0.3 is 10.2 Å². The molecule has 0 aliphatic heterocycles. The van der Waals surface area contributed by atoms with E-state index in [1.807, 2.05) is 0 Å². The Morgan fingerprint density at radius 2 is 1.86 bits per heavy atom. The average molecular weight is 292 g/mol. The fourth-order valence-electron chi connectivity index (χ4n) is 2.98. The Balaban J connectivity index is 1.97. The van der Waals surface area contributed by atoms with Crippen molar-refractivity contribution >= 4 is 5.91 Å². The molecule has 0 bridgehead atoms. The minimum Gasteiger partial charge on any atom is -0.354 e. The summed E-state index contributed by atoms with van der Waals surface area (Å²) in [5, 5.41) is 3.06. The first-order chi connectivity index (χ1) is 10.1. The third kappa shape index (κ3) is 3.43. The van der Waals surface area contributed by atoms with E-state index in [2.05, 4.69) is 24.1 Å². The Bertz CT molecular complexity index is 464. The molecule has 0 spiro atoms. The quantitative estimate of drug-likeness (QED) is 0.838. The average Bonchev–Trinajstić information content (AvgIpc) is 2.44. The van der Waals surface area contributed by atoms with Crippen LogP contribution in [0.4, 0.5) is 4.39 Å². The van der Waals surface area contributed by atoms with E-state index in [4.69, 9.17) is 0 Å². The Morgan fingerprint density at radius 3 is 2.33 bits per heavy atom. The van der Waals surface area contributed by atoms with E-state index < -0.39 is 5.41 Å². The van der Waals surface area contributed by atoms with Crippen LogP contribution in [0.3, 0.4) is 0 Å². The van der Waals surface area contributed by atoms with Gasteiger partial charge in [0.25, 0.3) is 0 Å². The van der Waals surface area contributed by atoms with Gasteiger partial charge in [-0.2, -0.15) is 0 Å². The van der Waals surface area contributed by atoms with Crippen molar-refractivity contribution in [3.05, 3.63) is 35.6 Å². The summed E-state index contributed by atoms with van der Waals surface area (Å²) in [4.78, 5) is 14.9. The van der Waals surface area contributed by atoms with Crippen molar-refractivity contribution in [3.63, 3.8) is 0 Å². The predicted octanol–water partition coefficient (Wildman–Crippen LogP) is 2.71. The highest BCUT2D eigenvalue weighted by Gasteiger charge is 2.45. The van der Waals surface area contributed by atoms with E-state index in [1.165, 1.54) is 12.1 Å². The van der Waals surface area contributed by atoms with Crippen LogP contribution in [-0.4, -0.2) is 37.0 Å². The van der Waals surface area contributed by atoms with Crippen LogP contribution in [0.25, 0.3) is 0 Å². The van der Waals surface area contributed by atoms with Gasteiger partial charge >= 0.3 is 0 Å². The molecule has 2 rings (SSSR count). The largest absolute Gasteiger partial charge is 0.354 e. The molecule has 0 radical (unpaired) electrons. The molecule has 1 N–H and O–H groups in total. The van der Waals surface area contributed by atoms with Gasteiger partial charge in [-0.15, -0.1) is 0 Å². The second-order valence-corrected chi connectivity index (χ2v) is 5.73. The summed E-state index contributed by atoms with van der Waals surface area (Å²) >= 11 is 0. The lowest BCUT2D eigenvalue weighted by molar-refractivity contribution is -0.130. The van der Waals surface area contributed by atoms with Gasteiger partial charge in [-0.25, -0.2) is 4.39 Å². The monoisotopic (exact) mass is 292 g/mol. The van der Waals surface area contributed by atoms with Gasteiger partial charge in [0.2, 0.25) is 5.91 Å². The summed E-state index contributed by atoms with van der Waals surface area (Å²) in [7, 11) is 0. The van der Waals surface area contributed by atoms with E-state index in [9.17, 15) is 9.18 Å². The third-order valence-electron chi connectivity index (χ3n) is 4.65. The van der Waals surface area contributed by atoms with Crippen LogP contribution in [-0.2, 0) is 10.2 Å². The minimum absolute atomic E-state index is 0.0903. The first-order valence-corrected chi connectivity index (χ1v) is 7.89. The van der Waals surface area contributed by atoms with Gasteiger partial charge in [-0.1, -0.05) is 32.4 Å². The minimum atomic E-state index is -0.434. The number of benzene rings is 1. The van der Waals surface area contributed by atoms with Gasteiger partial charge in [0.15, 0.2) is 0 Å². The molecule has 1 saturated carbocycles. The van der Waals surface area contributed by atoms with Crippen LogP contribution >= 0.6 is 0 Å². The summed E-state index contributed by atoms with van der Waals surface area (Å²) in [5.74, 6) is -0.164. The Hall–Kier alpha value is -1.42. The topological polar surface area (TPSA) is 32.3 Å². The molecule has 1 amide bonds. The van der Waals surface area contributed by atoms with E-state index in [-0.39, 0.29) is 11.7 Å². The highest BCUT2D eigenvalue weighted by molar-refractivity contribution is 5.89. The molecule has 1 fully saturated rings. The third-order valence-corrected chi connectivity index (χ3v) is 4.65. The van der Waals surface area contributed by atoms with Gasteiger partial charge in [0.05, 0.1) is 5.41 Å². The number of carbonyl (C=O) groups excluding carboxylic acids is 1.